The second kappa shape index (κ2) is 6.35. The van der Waals surface area contributed by atoms with Gasteiger partial charge in [-0.15, -0.1) is 0 Å². The summed E-state index contributed by atoms with van der Waals surface area (Å²) in [7, 11) is 0. The van der Waals surface area contributed by atoms with Gasteiger partial charge in [-0.05, 0) is 37.0 Å². The number of rotatable bonds is 4. The van der Waals surface area contributed by atoms with Gasteiger partial charge in [0.2, 0.25) is 5.91 Å². The van der Waals surface area contributed by atoms with Gasteiger partial charge in [-0.25, -0.2) is 0 Å². The van der Waals surface area contributed by atoms with Crippen LogP contribution < -0.4 is 5.32 Å². The average Bonchev–Trinajstić information content (AvgIpc) is 3.12. The molecule has 0 spiro atoms. The molecule has 1 N–H and O–H groups in total. The molecule has 2 fully saturated rings. The summed E-state index contributed by atoms with van der Waals surface area (Å²) in [6.07, 6.45) is 9.06. The van der Waals surface area contributed by atoms with E-state index in [9.17, 15) is 4.79 Å². The predicted molar refractivity (Wildman–Crippen MR) is 76.1 cm³/mol. The summed E-state index contributed by atoms with van der Waals surface area (Å²) in [5, 5.41) is 3.21. The van der Waals surface area contributed by atoms with E-state index in [2.05, 4.69) is 10.3 Å². The molecular formula is C16H22N2O2. The third-order valence-corrected chi connectivity index (χ3v) is 4.50. The minimum absolute atomic E-state index is 0.163. The van der Waals surface area contributed by atoms with Gasteiger partial charge in [0.05, 0.1) is 19.3 Å². The van der Waals surface area contributed by atoms with Crippen LogP contribution in [0.2, 0.25) is 0 Å². The largest absolute Gasteiger partial charge is 0.379 e. The van der Waals surface area contributed by atoms with Crippen molar-refractivity contribution >= 4 is 5.91 Å². The molecule has 0 aromatic carbocycles. The number of hydrogen-bond donors (Lipinski definition) is 1. The van der Waals surface area contributed by atoms with Crippen LogP contribution in [0.4, 0.5) is 0 Å². The zero-order valence-corrected chi connectivity index (χ0v) is 11.8. The Hall–Kier alpha value is -1.42. The summed E-state index contributed by atoms with van der Waals surface area (Å²) in [6, 6.07) is 4.23. The molecule has 1 aromatic heterocycles. The topological polar surface area (TPSA) is 51.2 Å². The molecule has 0 radical (unpaired) electrons. The summed E-state index contributed by atoms with van der Waals surface area (Å²) in [4.78, 5) is 16.3. The number of hydrogen-bond acceptors (Lipinski definition) is 3. The maximum Gasteiger partial charge on any atom is 0.223 e. The Labute approximate surface area is 119 Å². The lowest BCUT2D eigenvalue weighted by molar-refractivity contribution is -0.125. The van der Waals surface area contributed by atoms with Crippen molar-refractivity contribution in [3.8, 4) is 0 Å². The van der Waals surface area contributed by atoms with Gasteiger partial charge in [0.25, 0.3) is 0 Å². The molecule has 0 bridgehead atoms. The van der Waals surface area contributed by atoms with E-state index in [1.165, 1.54) is 18.4 Å². The number of aromatic nitrogens is 1. The number of carbonyl (C=O) groups is 1. The lowest BCUT2D eigenvalue weighted by atomic mass is 9.94. The van der Waals surface area contributed by atoms with Crippen molar-refractivity contribution in [2.45, 2.75) is 38.1 Å². The Morgan fingerprint density at radius 2 is 2.00 bits per heavy atom. The Bertz CT molecular complexity index is 443. The van der Waals surface area contributed by atoms with E-state index >= 15 is 0 Å². The zero-order valence-electron chi connectivity index (χ0n) is 11.8. The van der Waals surface area contributed by atoms with Crippen LogP contribution in [0.1, 0.15) is 31.2 Å². The molecule has 1 aromatic rings. The summed E-state index contributed by atoms with van der Waals surface area (Å²) in [5.74, 6) is 0.845. The fourth-order valence-electron chi connectivity index (χ4n) is 3.27. The van der Waals surface area contributed by atoms with Crippen LogP contribution in [0, 0.1) is 11.8 Å². The highest BCUT2D eigenvalue weighted by molar-refractivity contribution is 5.79. The standard InChI is InChI=1S/C16H22N2O2/c19-16(13-3-1-2-4-13)18-15-11-20-10-14(15)9-12-5-7-17-8-6-12/h5-8,13-15H,1-4,9-11H2,(H,18,19)/t14-,15-/m1/s1. The summed E-state index contributed by atoms with van der Waals surface area (Å²) in [6.45, 7) is 1.38. The van der Waals surface area contributed by atoms with Crippen LogP contribution in [0.25, 0.3) is 0 Å². The molecule has 20 heavy (non-hydrogen) atoms. The zero-order chi connectivity index (χ0) is 13.8. The first-order chi connectivity index (χ1) is 9.83. The van der Waals surface area contributed by atoms with E-state index < -0.39 is 0 Å². The average molecular weight is 274 g/mol. The molecule has 3 rings (SSSR count). The van der Waals surface area contributed by atoms with Crippen LogP contribution in [-0.2, 0) is 16.0 Å². The van der Waals surface area contributed by atoms with Gasteiger partial charge in [0.15, 0.2) is 0 Å². The maximum absolute atomic E-state index is 12.2. The van der Waals surface area contributed by atoms with E-state index in [4.69, 9.17) is 4.74 Å². The summed E-state index contributed by atoms with van der Waals surface area (Å²) in [5.41, 5.74) is 1.26. The molecule has 4 nitrogen and oxygen atoms in total. The van der Waals surface area contributed by atoms with Gasteiger partial charge in [0, 0.05) is 24.2 Å². The molecule has 2 heterocycles. The van der Waals surface area contributed by atoms with Gasteiger partial charge < -0.3 is 10.1 Å². The van der Waals surface area contributed by atoms with Crippen molar-refractivity contribution in [1.29, 1.82) is 0 Å². The fourth-order valence-corrected chi connectivity index (χ4v) is 3.27. The molecule has 1 amide bonds. The van der Waals surface area contributed by atoms with Crippen molar-refractivity contribution in [3.05, 3.63) is 30.1 Å². The molecule has 1 aliphatic heterocycles. The molecule has 1 aliphatic carbocycles. The molecule has 1 saturated carbocycles. The number of nitrogens with one attached hydrogen (secondary N) is 1. The minimum atomic E-state index is 0.163. The number of nitrogens with zero attached hydrogens (tertiary/aromatic N) is 1. The third kappa shape index (κ3) is 3.18. The van der Waals surface area contributed by atoms with Crippen molar-refractivity contribution in [2.24, 2.45) is 11.8 Å². The van der Waals surface area contributed by atoms with Crippen LogP contribution in [-0.4, -0.2) is 30.1 Å². The Balaban J connectivity index is 1.56. The molecule has 1 saturated heterocycles. The fraction of sp³-hybridized carbons (Fsp3) is 0.625. The lowest BCUT2D eigenvalue weighted by Crippen LogP contribution is -2.43. The van der Waals surface area contributed by atoms with E-state index in [0.29, 0.717) is 12.5 Å². The van der Waals surface area contributed by atoms with Crippen LogP contribution in [0.5, 0.6) is 0 Å². The Kier molecular flexibility index (Phi) is 4.31. The van der Waals surface area contributed by atoms with Gasteiger partial charge in [-0.1, -0.05) is 12.8 Å². The second-order valence-electron chi connectivity index (χ2n) is 5.95. The Morgan fingerprint density at radius 3 is 2.75 bits per heavy atom. The first-order valence-corrected chi connectivity index (χ1v) is 7.60. The second-order valence-corrected chi connectivity index (χ2v) is 5.95. The molecular weight excluding hydrogens is 252 g/mol. The Morgan fingerprint density at radius 1 is 1.25 bits per heavy atom. The van der Waals surface area contributed by atoms with Crippen molar-refractivity contribution in [3.63, 3.8) is 0 Å². The first-order valence-electron chi connectivity index (χ1n) is 7.60. The highest BCUT2D eigenvalue weighted by Gasteiger charge is 2.32. The molecule has 4 heteroatoms. The van der Waals surface area contributed by atoms with E-state index in [-0.39, 0.29) is 17.9 Å². The van der Waals surface area contributed by atoms with Crippen molar-refractivity contribution < 1.29 is 9.53 Å². The van der Waals surface area contributed by atoms with E-state index in [0.717, 1.165) is 25.9 Å². The van der Waals surface area contributed by atoms with Crippen LogP contribution in [0.3, 0.4) is 0 Å². The normalized spacial score (nSPS) is 26.8. The van der Waals surface area contributed by atoms with Crippen LogP contribution in [0.15, 0.2) is 24.5 Å². The first kappa shape index (κ1) is 13.6. The smallest absolute Gasteiger partial charge is 0.223 e. The molecule has 2 atom stereocenters. The van der Waals surface area contributed by atoms with Gasteiger partial charge in [-0.3, -0.25) is 9.78 Å². The van der Waals surface area contributed by atoms with Crippen LogP contribution >= 0.6 is 0 Å². The number of pyridine rings is 1. The molecule has 108 valence electrons. The summed E-state index contributed by atoms with van der Waals surface area (Å²) >= 11 is 0. The molecule has 0 unspecified atom stereocenters. The number of amides is 1. The highest BCUT2D eigenvalue weighted by atomic mass is 16.5. The van der Waals surface area contributed by atoms with Gasteiger partial charge in [0.1, 0.15) is 0 Å². The SMILES string of the molecule is O=C(N[C@@H]1COC[C@H]1Cc1ccncc1)C1CCCC1. The summed E-state index contributed by atoms with van der Waals surface area (Å²) < 4.78 is 5.58. The highest BCUT2D eigenvalue weighted by Crippen LogP contribution is 2.26. The quantitative estimate of drug-likeness (QED) is 0.913. The van der Waals surface area contributed by atoms with Gasteiger partial charge >= 0.3 is 0 Å². The van der Waals surface area contributed by atoms with E-state index in [1.807, 2.05) is 24.5 Å². The predicted octanol–water partition coefficient (Wildman–Crippen LogP) is 1.95. The molecule has 2 aliphatic rings. The third-order valence-electron chi connectivity index (χ3n) is 4.50. The lowest BCUT2D eigenvalue weighted by Gasteiger charge is -2.21. The maximum atomic E-state index is 12.2. The van der Waals surface area contributed by atoms with E-state index in [1.54, 1.807) is 0 Å². The monoisotopic (exact) mass is 274 g/mol. The van der Waals surface area contributed by atoms with Crippen molar-refractivity contribution in [1.82, 2.24) is 10.3 Å². The minimum Gasteiger partial charge on any atom is -0.379 e. The number of carbonyl (C=O) groups excluding carboxylic acids is 1. The van der Waals surface area contributed by atoms with Crippen molar-refractivity contribution in [2.75, 3.05) is 13.2 Å². The van der Waals surface area contributed by atoms with Gasteiger partial charge in [-0.2, -0.15) is 0 Å². The number of ether oxygens (including phenoxy) is 1.